The zero-order chi connectivity index (χ0) is 13.3. The molecule has 0 spiro atoms. The minimum Gasteiger partial charge on any atom is -0.480 e. The van der Waals surface area contributed by atoms with Gasteiger partial charge in [-0.2, -0.15) is 0 Å². The molecule has 0 amide bonds. The monoisotopic (exact) mass is 254 g/mol. The lowest BCUT2D eigenvalue weighted by Crippen LogP contribution is -2.43. The average Bonchev–Trinajstić information content (AvgIpc) is 3.00. The molecule has 2 fully saturated rings. The average molecular weight is 254 g/mol. The summed E-state index contributed by atoms with van der Waals surface area (Å²) in [6.45, 7) is 8.74. The molecule has 0 aromatic rings. The van der Waals surface area contributed by atoms with Gasteiger partial charge in [0.05, 0.1) is 6.54 Å². The second kappa shape index (κ2) is 5.57. The van der Waals surface area contributed by atoms with Gasteiger partial charge >= 0.3 is 5.97 Å². The van der Waals surface area contributed by atoms with Crippen LogP contribution in [0.3, 0.4) is 0 Å². The Labute approximate surface area is 110 Å². The number of hydrogen-bond donors (Lipinski definition) is 1. The number of hydrogen-bond acceptors (Lipinski definition) is 3. The molecule has 1 aliphatic carbocycles. The summed E-state index contributed by atoms with van der Waals surface area (Å²) in [5, 5.41) is 9.06. The molecule has 1 aliphatic heterocycles. The fourth-order valence-electron chi connectivity index (χ4n) is 3.19. The summed E-state index contributed by atoms with van der Waals surface area (Å²) in [5.74, 6) is -0.178. The Bertz CT molecular complexity index is 302. The Morgan fingerprint density at radius 1 is 1.44 bits per heavy atom. The molecule has 18 heavy (non-hydrogen) atoms. The van der Waals surface area contributed by atoms with Crippen LogP contribution in [0.5, 0.6) is 0 Å². The Morgan fingerprint density at radius 2 is 2.11 bits per heavy atom. The molecule has 0 aromatic heterocycles. The van der Waals surface area contributed by atoms with Gasteiger partial charge in [0.1, 0.15) is 0 Å². The molecule has 4 heteroatoms. The summed E-state index contributed by atoms with van der Waals surface area (Å²) in [6.07, 6.45) is 3.79. The van der Waals surface area contributed by atoms with E-state index in [0.29, 0.717) is 18.0 Å². The second-order valence-corrected chi connectivity index (χ2v) is 6.38. The number of rotatable bonds is 6. The lowest BCUT2D eigenvalue weighted by molar-refractivity contribution is -0.139. The van der Waals surface area contributed by atoms with Gasteiger partial charge in [0.15, 0.2) is 0 Å². The van der Waals surface area contributed by atoms with Crippen LogP contribution < -0.4 is 0 Å². The number of carboxylic acids is 1. The summed E-state index contributed by atoms with van der Waals surface area (Å²) >= 11 is 0. The number of aliphatic carboxylic acids is 1. The third-order valence-corrected chi connectivity index (χ3v) is 4.07. The van der Waals surface area contributed by atoms with E-state index in [1.54, 1.807) is 0 Å². The van der Waals surface area contributed by atoms with Crippen LogP contribution in [0.25, 0.3) is 0 Å². The zero-order valence-electron chi connectivity index (χ0n) is 11.8. The van der Waals surface area contributed by atoms with Crippen LogP contribution in [-0.4, -0.2) is 58.6 Å². The van der Waals surface area contributed by atoms with Crippen molar-refractivity contribution in [1.82, 2.24) is 9.80 Å². The van der Waals surface area contributed by atoms with Gasteiger partial charge in [-0.05, 0) is 32.1 Å². The largest absolute Gasteiger partial charge is 0.480 e. The van der Waals surface area contributed by atoms with Crippen molar-refractivity contribution >= 4 is 5.97 Å². The van der Waals surface area contributed by atoms with E-state index in [9.17, 15) is 4.79 Å². The van der Waals surface area contributed by atoms with E-state index in [1.165, 1.54) is 12.8 Å². The summed E-state index contributed by atoms with van der Waals surface area (Å²) in [5.41, 5.74) is 0. The molecular weight excluding hydrogens is 228 g/mol. The number of carboxylic acid groups (broad SMARTS) is 1. The van der Waals surface area contributed by atoms with Crippen molar-refractivity contribution in [3.63, 3.8) is 0 Å². The number of nitrogens with zero attached hydrogens (tertiary/aromatic N) is 2. The molecule has 1 saturated heterocycles. The predicted molar refractivity (Wildman–Crippen MR) is 71.6 cm³/mol. The molecule has 1 N–H and O–H groups in total. The van der Waals surface area contributed by atoms with E-state index in [0.717, 1.165) is 25.6 Å². The topological polar surface area (TPSA) is 43.8 Å². The standard InChI is InChI=1S/C14H26N2O2/c1-10(2)7-15(9-14(17)18)13-6-11(3)16(8-13)12-4-5-12/h10-13H,4-9H2,1-3H3,(H,17,18). The van der Waals surface area contributed by atoms with E-state index in [-0.39, 0.29) is 6.54 Å². The molecule has 2 aliphatic rings. The van der Waals surface area contributed by atoms with E-state index >= 15 is 0 Å². The Hall–Kier alpha value is -0.610. The first kappa shape index (κ1) is 13.8. The van der Waals surface area contributed by atoms with Crippen LogP contribution in [0, 0.1) is 5.92 Å². The van der Waals surface area contributed by atoms with E-state index in [1.807, 2.05) is 0 Å². The van der Waals surface area contributed by atoms with Crippen molar-refractivity contribution in [2.24, 2.45) is 5.92 Å². The van der Waals surface area contributed by atoms with Crippen molar-refractivity contribution in [3.8, 4) is 0 Å². The molecule has 2 atom stereocenters. The highest BCUT2D eigenvalue weighted by atomic mass is 16.4. The van der Waals surface area contributed by atoms with E-state index < -0.39 is 5.97 Å². The molecule has 1 heterocycles. The minimum atomic E-state index is -0.701. The van der Waals surface area contributed by atoms with Gasteiger partial charge in [-0.3, -0.25) is 14.6 Å². The molecule has 2 rings (SSSR count). The van der Waals surface area contributed by atoms with Crippen LogP contribution in [0.15, 0.2) is 0 Å². The highest BCUT2D eigenvalue weighted by Crippen LogP contribution is 2.34. The highest BCUT2D eigenvalue weighted by molar-refractivity contribution is 5.69. The van der Waals surface area contributed by atoms with E-state index in [4.69, 9.17) is 5.11 Å². The van der Waals surface area contributed by atoms with Crippen LogP contribution >= 0.6 is 0 Å². The van der Waals surface area contributed by atoms with Gasteiger partial charge in [-0.15, -0.1) is 0 Å². The van der Waals surface area contributed by atoms with Gasteiger partial charge in [0.25, 0.3) is 0 Å². The Balaban J connectivity index is 1.95. The zero-order valence-corrected chi connectivity index (χ0v) is 11.8. The molecule has 104 valence electrons. The third-order valence-electron chi connectivity index (χ3n) is 4.07. The van der Waals surface area contributed by atoms with Gasteiger partial charge in [0, 0.05) is 31.2 Å². The van der Waals surface area contributed by atoms with Crippen molar-refractivity contribution in [3.05, 3.63) is 0 Å². The molecule has 2 unspecified atom stereocenters. The number of carbonyl (C=O) groups is 1. The first-order valence-electron chi connectivity index (χ1n) is 7.19. The molecule has 0 radical (unpaired) electrons. The first-order valence-corrected chi connectivity index (χ1v) is 7.19. The minimum absolute atomic E-state index is 0.189. The number of likely N-dealkylation sites (tertiary alicyclic amines) is 1. The smallest absolute Gasteiger partial charge is 0.317 e. The molecule has 0 aromatic carbocycles. The quantitative estimate of drug-likeness (QED) is 0.783. The summed E-state index contributed by atoms with van der Waals surface area (Å²) < 4.78 is 0. The lowest BCUT2D eigenvalue weighted by Gasteiger charge is -2.29. The normalized spacial score (nSPS) is 29.4. The van der Waals surface area contributed by atoms with Crippen LogP contribution in [0.1, 0.15) is 40.0 Å². The molecular formula is C14H26N2O2. The fraction of sp³-hybridized carbons (Fsp3) is 0.929. The Kier molecular flexibility index (Phi) is 4.28. The molecule has 0 bridgehead atoms. The van der Waals surface area contributed by atoms with Crippen molar-refractivity contribution < 1.29 is 9.90 Å². The van der Waals surface area contributed by atoms with Gasteiger partial charge in [-0.1, -0.05) is 13.8 Å². The predicted octanol–water partition coefficient (Wildman–Crippen LogP) is 1.65. The first-order chi connectivity index (χ1) is 8.47. The maximum Gasteiger partial charge on any atom is 0.317 e. The van der Waals surface area contributed by atoms with Gasteiger partial charge < -0.3 is 5.11 Å². The maximum absolute atomic E-state index is 11.0. The summed E-state index contributed by atoms with van der Waals surface area (Å²) in [6, 6.07) is 1.83. The second-order valence-electron chi connectivity index (χ2n) is 6.38. The van der Waals surface area contributed by atoms with Crippen molar-refractivity contribution in [1.29, 1.82) is 0 Å². The molecule has 4 nitrogen and oxygen atoms in total. The summed E-state index contributed by atoms with van der Waals surface area (Å²) in [4.78, 5) is 15.8. The van der Waals surface area contributed by atoms with Crippen molar-refractivity contribution in [2.45, 2.75) is 58.2 Å². The maximum atomic E-state index is 11.0. The van der Waals surface area contributed by atoms with Gasteiger partial charge in [-0.25, -0.2) is 0 Å². The SMILES string of the molecule is CC(C)CN(CC(=O)O)C1CC(C)N(C2CC2)C1. The highest BCUT2D eigenvalue weighted by Gasteiger charge is 2.40. The van der Waals surface area contributed by atoms with Crippen LogP contribution in [0.4, 0.5) is 0 Å². The lowest BCUT2D eigenvalue weighted by atomic mass is 10.1. The van der Waals surface area contributed by atoms with Crippen molar-refractivity contribution in [2.75, 3.05) is 19.6 Å². The Morgan fingerprint density at radius 3 is 2.61 bits per heavy atom. The van der Waals surface area contributed by atoms with Gasteiger partial charge in [0.2, 0.25) is 0 Å². The fourth-order valence-corrected chi connectivity index (χ4v) is 3.19. The summed E-state index contributed by atoms with van der Waals surface area (Å²) in [7, 11) is 0. The van der Waals surface area contributed by atoms with Crippen LogP contribution in [0.2, 0.25) is 0 Å². The third kappa shape index (κ3) is 3.45. The van der Waals surface area contributed by atoms with E-state index in [2.05, 4.69) is 30.6 Å². The molecule has 1 saturated carbocycles. The van der Waals surface area contributed by atoms with Crippen LogP contribution in [-0.2, 0) is 4.79 Å².